The van der Waals surface area contributed by atoms with Crippen LogP contribution in [0.2, 0.25) is 0 Å². The van der Waals surface area contributed by atoms with Gasteiger partial charge in [0.15, 0.2) is 0 Å². The quantitative estimate of drug-likeness (QED) is 0.487. The van der Waals surface area contributed by atoms with Gasteiger partial charge in [0.1, 0.15) is 0 Å². The lowest BCUT2D eigenvalue weighted by Crippen LogP contribution is -2.48. The van der Waals surface area contributed by atoms with E-state index in [2.05, 4.69) is 19.9 Å². The van der Waals surface area contributed by atoms with E-state index < -0.39 is 0 Å². The molecule has 0 N–H and O–H groups in total. The van der Waals surface area contributed by atoms with Gasteiger partial charge in [-0.15, -0.1) is 0 Å². The topological polar surface area (TPSA) is 0 Å². The zero-order valence-corrected chi connectivity index (χ0v) is 12.9. The van der Waals surface area contributed by atoms with Crippen LogP contribution < -0.4 is 0 Å². The molecular weight excluding hydrogens is 228 g/mol. The second-order valence-corrected chi connectivity index (χ2v) is 8.55. The number of rotatable bonds is 0. The van der Waals surface area contributed by atoms with Gasteiger partial charge < -0.3 is 0 Å². The third-order valence-electron chi connectivity index (χ3n) is 7.80. The minimum Gasteiger partial charge on any atom is -0.0845 e. The van der Waals surface area contributed by atoms with Crippen molar-refractivity contribution in [1.82, 2.24) is 0 Å². The van der Waals surface area contributed by atoms with Gasteiger partial charge in [0, 0.05) is 0 Å². The summed E-state index contributed by atoms with van der Waals surface area (Å²) in [5.74, 6) is 3.12. The molecule has 0 heterocycles. The summed E-state index contributed by atoms with van der Waals surface area (Å²) in [6.07, 6.45) is 17.6. The van der Waals surface area contributed by atoms with E-state index in [9.17, 15) is 0 Å². The molecule has 4 aliphatic carbocycles. The van der Waals surface area contributed by atoms with Crippen molar-refractivity contribution in [3.63, 3.8) is 0 Å². The molecule has 0 saturated heterocycles. The summed E-state index contributed by atoms with van der Waals surface area (Å²) in [5, 5.41) is 0. The van der Waals surface area contributed by atoms with Crippen LogP contribution in [-0.4, -0.2) is 0 Å². The Morgan fingerprint density at radius 1 is 0.947 bits per heavy atom. The zero-order chi connectivity index (χ0) is 13.1. The molecule has 19 heavy (non-hydrogen) atoms. The van der Waals surface area contributed by atoms with Gasteiger partial charge in [-0.2, -0.15) is 0 Å². The van der Waals surface area contributed by atoms with Gasteiger partial charge in [0.05, 0.1) is 0 Å². The molecule has 0 nitrogen and oxygen atoms in total. The molecule has 0 spiro atoms. The lowest BCUT2D eigenvalue weighted by atomic mass is 9.48. The van der Waals surface area contributed by atoms with E-state index in [4.69, 9.17) is 0 Å². The molecule has 3 saturated carbocycles. The summed E-state index contributed by atoms with van der Waals surface area (Å²) in [7, 11) is 0. The second kappa shape index (κ2) is 4.12. The molecule has 0 unspecified atom stereocenters. The first-order valence-electron chi connectivity index (χ1n) is 8.83. The van der Waals surface area contributed by atoms with Gasteiger partial charge in [0.2, 0.25) is 0 Å². The molecular formula is C19H30. The van der Waals surface area contributed by atoms with E-state index in [1.807, 2.05) is 5.57 Å². The van der Waals surface area contributed by atoms with Crippen molar-refractivity contribution in [2.75, 3.05) is 0 Å². The highest BCUT2D eigenvalue weighted by Gasteiger charge is 2.54. The molecule has 106 valence electrons. The van der Waals surface area contributed by atoms with E-state index in [1.165, 1.54) is 64.2 Å². The Morgan fingerprint density at radius 2 is 1.84 bits per heavy atom. The highest BCUT2D eigenvalue weighted by Crippen LogP contribution is 2.64. The van der Waals surface area contributed by atoms with Crippen molar-refractivity contribution in [2.45, 2.75) is 78.1 Å². The highest BCUT2D eigenvalue weighted by atomic mass is 14.6. The van der Waals surface area contributed by atoms with Gasteiger partial charge in [-0.3, -0.25) is 0 Å². The third-order valence-corrected chi connectivity index (χ3v) is 7.80. The molecule has 0 radical (unpaired) electrons. The Morgan fingerprint density at radius 3 is 2.74 bits per heavy atom. The van der Waals surface area contributed by atoms with Crippen molar-refractivity contribution in [2.24, 2.45) is 28.6 Å². The van der Waals surface area contributed by atoms with Crippen LogP contribution in [0.4, 0.5) is 0 Å². The molecule has 4 rings (SSSR count). The molecule has 5 atom stereocenters. The van der Waals surface area contributed by atoms with Crippen LogP contribution in [0, 0.1) is 28.6 Å². The first-order valence-corrected chi connectivity index (χ1v) is 8.83. The summed E-state index contributed by atoms with van der Waals surface area (Å²) in [6, 6.07) is 0. The monoisotopic (exact) mass is 258 g/mol. The van der Waals surface area contributed by atoms with Crippen molar-refractivity contribution in [1.29, 1.82) is 0 Å². The number of allylic oxidation sites excluding steroid dienone is 2. The van der Waals surface area contributed by atoms with Crippen LogP contribution in [0.1, 0.15) is 78.1 Å². The summed E-state index contributed by atoms with van der Waals surface area (Å²) < 4.78 is 0. The first-order chi connectivity index (χ1) is 9.13. The van der Waals surface area contributed by atoms with Crippen LogP contribution >= 0.6 is 0 Å². The molecule has 0 aromatic heterocycles. The van der Waals surface area contributed by atoms with E-state index in [0.717, 1.165) is 23.2 Å². The molecule has 0 bridgehead atoms. The lowest BCUT2D eigenvalue weighted by Gasteiger charge is -2.56. The van der Waals surface area contributed by atoms with Crippen LogP contribution in [0.3, 0.4) is 0 Å². The maximum absolute atomic E-state index is 2.70. The van der Waals surface area contributed by atoms with Gasteiger partial charge in [-0.1, -0.05) is 38.3 Å². The summed E-state index contributed by atoms with van der Waals surface area (Å²) >= 11 is 0. The van der Waals surface area contributed by atoms with Crippen molar-refractivity contribution >= 4 is 0 Å². The highest BCUT2D eigenvalue weighted by molar-refractivity contribution is 5.23. The zero-order valence-electron chi connectivity index (χ0n) is 12.9. The third kappa shape index (κ3) is 1.64. The van der Waals surface area contributed by atoms with Crippen molar-refractivity contribution in [3.05, 3.63) is 11.6 Å². The predicted molar refractivity (Wildman–Crippen MR) is 80.9 cm³/mol. The number of hydrogen-bond donors (Lipinski definition) is 0. The molecule has 0 aromatic carbocycles. The Balaban J connectivity index is 1.70. The number of hydrogen-bond acceptors (Lipinski definition) is 0. The molecule has 0 heteroatoms. The first kappa shape index (κ1) is 12.5. The fourth-order valence-electron chi connectivity index (χ4n) is 6.69. The predicted octanol–water partition coefficient (Wildman–Crippen LogP) is 5.73. The van der Waals surface area contributed by atoms with Gasteiger partial charge in [0.25, 0.3) is 0 Å². The van der Waals surface area contributed by atoms with E-state index in [-0.39, 0.29) is 0 Å². The average Bonchev–Trinajstić information content (AvgIpc) is 2.79. The molecule has 0 aromatic rings. The minimum absolute atomic E-state index is 0.602. The van der Waals surface area contributed by atoms with Gasteiger partial charge in [-0.05, 0) is 80.0 Å². The van der Waals surface area contributed by atoms with Crippen molar-refractivity contribution < 1.29 is 0 Å². The fourth-order valence-corrected chi connectivity index (χ4v) is 6.69. The largest absolute Gasteiger partial charge is 0.0845 e. The normalized spacial score (nSPS) is 52.9. The number of fused-ring (bicyclic) bond motifs is 5. The summed E-state index contributed by atoms with van der Waals surface area (Å²) in [6.45, 7) is 5.25. The molecule has 0 aliphatic heterocycles. The molecule has 4 aliphatic rings. The fraction of sp³-hybridized carbons (Fsp3) is 0.895. The maximum atomic E-state index is 2.70. The van der Waals surface area contributed by atoms with Crippen LogP contribution in [-0.2, 0) is 0 Å². The van der Waals surface area contributed by atoms with E-state index in [1.54, 1.807) is 0 Å². The smallest absolute Gasteiger partial charge is 0.00853 e. The Hall–Kier alpha value is -0.260. The van der Waals surface area contributed by atoms with Gasteiger partial charge >= 0.3 is 0 Å². The average molecular weight is 258 g/mol. The second-order valence-electron chi connectivity index (χ2n) is 8.55. The lowest BCUT2D eigenvalue weighted by molar-refractivity contribution is -0.0248. The summed E-state index contributed by atoms with van der Waals surface area (Å²) in [4.78, 5) is 0. The molecule has 0 amide bonds. The Kier molecular flexibility index (Phi) is 2.71. The summed E-state index contributed by atoms with van der Waals surface area (Å²) in [5.41, 5.74) is 3.18. The van der Waals surface area contributed by atoms with Gasteiger partial charge in [-0.25, -0.2) is 0 Å². The molecule has 3 fully saturated rings. The maximum Gasteiger partial charge on any atom is -0.00853 e. The van der Waals surface area contributed by atoms with Crippen LogP contribution in [0.15, 0.2) is 11.6 Å². The van der Waals surface area contributed by atoms with Crippen molar-refractivity contribution in [3.8, 4) is 0 Å². The standard InChI is InChI=1S/C19H30/c1-18-11-5-7-16(18)15-9-8-14-6-3-4-12-19(14,2)17(15)10-13-18/h8,15-17H,3-7,9-13H2,1-2H3/t15-,16-,17-,18+,19+/m1/s1. The Labute approximate surface area is 119 Å². The van der Waals surface area contributed by atoms with Crippen LogP contribution in [0.25, 0.3) is 0 Å². The Bertz CT molecular complexity index is 406. The SMILES string of the molecule is C[C@@]12CCC[C@@H]1[C@H]1CC=C3CCCC[C@]3(C)[C@@H]1CC2. The van der Waals surface area contributed by atoms with E-state index >= 15 is 0 Å². The van der Waals surface area contributed by atoms with Crippen LogP contribution in [0.5, 0.6) is 0 Å². The minimum atomic E-state index is 0.602. The van der Waals surface area contributed by atoms with E-state index in [0.29, 0.717) is 5.41 Å².